The highest BCUT2D eigenvalue weighted by Crippen LogP contribution is 2.28. The zero-order valence-electron chi connectivity index (χ0n) is 10.0. The fourth-order valence-electron chi connectivity index (χ4n) is 1.50. The summed E-state index contributed by atoms with van der Waals surface area (Å²) < 4.78 is 0. The molecule has 0 bridgehead atoms. The quantitative estimate of drug-likeness (QED) is 0.904. The summed E-state index contributed by atoms with van der Waals surface area (Å²) in [7, 11) is 0. The number of hydrogen-bond donors (Lipinski definition) is 1. The van der Waals surface area contributed by atoms with Gasteiger partial charge in [0.15, 0.2) is 0 Å². The van der Waals surface area contributed by atoms with Crippen molar-refractivity contribution in [3.63, 3.8) is 0 Å². The van der Waals surface area contributed by atoms with Crippen molar-refractivity contribution in [3.05, 3.63) is 53.3 Å². The first-order chi connectivity index (χ1) is 8.69. The third-order valence-electron chi connectivity index (χ3n) is 2.54. The van der Waals surface area contributed by atoms with Crippen molar-refractivity contribution in [2.75, 3.05) is 0 Å². The molecule has 4 heteroatoms. The molecule has 0 aliphatic rings. The molecule has 1 atom stereocenters. The molecule has 0 aliphatic carbocycles. The van der Waals surface area contributed by atoms with Gasteiger partial charge in [0, 0.05) is 21.0 Å². The lowest BCUT2D eigenvalue weighted by Gasteiger charge is -2.07. The van der Waals surface area contributed by atoms with Gasteiger partial charge in [-0.05, 0) is 42.8 Å². The van der Waals surface area contributed by atoms with Crippen molar-refractivity contribution in [2.45, 2.75) is 29.2 Å². The second-order valence-corrected chi connectivity index (χ2v) is 5.48. The topological polar surface area (TPSA) is 33.1 Å². The average molecular weight is 280 g/mol. The summed E-state index contributed by atoms with van der Waals surface area (Å²) in [5.74, 6) is 0. The molecule has 1 aromatic heterocycles. The van der Waals surface area contributed by atoms with Crippen LogP contribution in [-0.2, 0) is 0 Å². The van der Waals surface area contributed by atoms with Gasteiger partial charge in [0.25, 0.3) is 0 Å². The summed E-state index contributed by atoms with van der Waals surface area (Å²) >= 11 is 7.46. The number of pyridine rings is 1. The number of benzene rings is 1. The Hall–Kier alpha value is -1.03. The minimum atomic E-state index is -0.473. The number of nitrogens with zero attached hydrogens (tertiary/aromatic N) is 1. The van der Waals surface area contributed by atoms with Crippen LogP contribution in [0.25, 0.3) is 0 Å². The Morgan fingerprint density at radius 3 is 2.39 bits per heavy atom. The molecular formula is C14H14ClNOS. The molecule has 0 fully saturated rings. The Balaban J connectivity index is 2.08. The molecule has 18 heavy (non-hydrogen) atoms. The van der Waals surface area contributed by atoms with Crippen LogP contribution in [0.3, 0.4) is 0 Å². The lowest BCUT2D eigenvalue weighted by molar-refractivity contribution is 0.169. The van der Waals surface area contributed by atoms with Crippen LogP contribution in [0, 0.1) is 0 Å². The van der Waals surface area contributed by atoms with Gasteiger partial charge in [-0.25, -0.2) is 0 Å². The summed E-state index contributed by atoms with van der Waals surface area (Å²) in [6.07, 6.45) is 1.99. The Labute approximate surface area is 116 Å². The summed E-state index contributed by atoms with van der Waals surface area (Å²) in [6.45, 7) is 1.93. The fourth-order valence-corrected chi connectivity index (χ4v) is 2.41. The Morgan fingerprint density at radius 1 is 1.17 bits per heavy atom. The van der Waals surface area contributed by atoms with Gasteiger partial charge in [-0.3, -0.25) is 4.98 Å². The Kier molecular flexibility index (Phi) is 4.64. The van der Waals surface area contributed by atoms with Crippen molar-refractivity contribution < 1.29 is 5.11 Å². The Bertz CT molecular complexity index is 498. The third-order valence-corrected chi connectivity index (χ3v) is 3.77. The maximum Gasteiger partial charge on any atom is 0.0957 e. The molecule has 1 aromatic carbocycles. The zero-order chi connectivity index (χ0) is 13.0. The van der Waals surface area contributed by atoms with E-state index in [4.69, 9.17) is 11.6 Å². The molecule has 0 aliphatic heterocycles. The third kappa shape index (κ3) is 3.48. The second-order valence-electron chi connectivity index (χ2n) is 3.90. The lowest BCUT2D eigenvalue weighted by Crippen LogP contribution is -1.97. The highest BCUT2D eigenvalue weighted by atomic mass is 35.5. The van der Waals surface area contributed by atoms with Crippen LogP contribution in [0.15, 0.2) is 52.4 Å². The summed E-state index contributed by atoms with van der Waals surface area (Å²) in [4.78, 5) is 6.43. The van der Waals surface area contributed by atoms with Crippen molar-refractivity contribution in [1.82, 2.24) is 4.98 Å². The second kappa shape index (κ2) is 6.23. The van der Waals surface area contributed by atoms with Crippen molar-refractivity contribution in [3.8, 4) is 0 Å². The lowest BCUT2D eigenvalue weighted by atomic mass is 10.2. The molecule has 0 unspecified atom stereocenters. The molecule has 0 spiro atoms. The van der Waals surface area contributed by atoms with Crippen LogP contribution in [0.2, 0.25) is 5.02 Å². The highest BCUT2D eigenvalue weighted by molar-refractivity contribution is 7.99. The first-order valence-corrected chi connectivity index (χ1v) is 6.96. The number of halogens is 1. The van der Waals surface area contributed by atoms with E-state index in [2.05, 4.69) is 4.98 Å². The van der Waals surface area contributed by atoms with Gasteiger partial charge in [0.1, 0.15) is 0 Å². The van der Waals surface area contributed by atoms with Crippen LogP contribution >= 0.6 is 23.4 Å². The highest BCUT2D eigenvalue weighted by Gasteiger charge is 2.06. The molecule has 0 amide bonds. The molecule has 2 aromatic rings. The SMILES string of the molecule is CC[C@H](O)c1ccc(Sc2ccc(Cl)cc2)cn1. The van der Waals surface area contributed by atoms with Gasteiger partial charge in [-0.1, -0.05) is 30.3 Å². The maximum absolute atomic E-state index is 9.66. The summed E-state index contributed by atoms with van der Waals surface area (Å²) in [5, 5.41) is 10.4. The smallest absolute Gasteiger partial charge is 0.0957 e. The molecule has 0 saturated carbocycles. The van der Waals surface area contributed by atoms with Crippen LogP contribution in [0.5, 0.6) is 0 Å². The predicted octanol–water partition coefficient (Wildman–Crippen LogP) is 4.33. The van der Waals surface area contributed by atoms with Crippen LogP contribution in [0.1, 0.15) is 25.1 Å². The molecule has 1 N–H and O–H groups in total. The largest absolute Gasteiger partial charge is 0.387 e. The maximum atomic E-state index is 9.66. The van der Waals surface area contributed by atoms with Gasteiger partial charge in [0.05, 0.1) is 11.8 Å². The van der Waals surface area contributed by atoms with Gasteiger partial charge in [-0.15, -0.1) is 0 Å². The number of aliphatic hydroxyl groups excluding tert-OH is 1. The average Bonchev–Trinajstić information content (AvgIpc) is 2.41. The predicted molar refractivity (Wildman–Crippen MR) is 75.1 cm³/mol. The fraction of sp³-hybridized carbons (Fsp3) is 0.214. The Morgan fingerprint density at radius 2 is 1.83 bits per heavy atom. The van der Waals surface area contributed by atoms with Crippen molar-refractivity contribution >= 4 is 23.4 Å². The number of aliphatic hydroxyl groups is 1. The minimum Gasteiger partial charge on any atom is -0.387 e. The number of hydrogen-bond acceptors (Lipinski definition) is 3. The van der Waals surface area contributed by atoms with Gasteiger partial charge in [0.2, 0.25) is 0 Å². The van der Waals surface area contributed by atoms with E-state index in [9.17, 15) is 5.11 Å². The van der Waals surface area contributed by atoms with E-state index in [1.807, 2.05) is 43.3 Å². The van der Waals surface area contributed by atoms with E-state index in [-0.39, 0.29) is 0 Å². The first kappa shape index (κ1) is 13.4. The van der Waals surface area contributed by atoms with Gasteiger partial charge in [-0.2, -0.15) is 0 Å². The zero-order valence-corrected chi connectivity index (χ0v) is 11.6. The van der Waals surface area contributed by atoms with Crippen molar-refractivity contribution in [2.24, 2.45) is 0 Å². The normalized spacial score (nSPS) is 12.4. The number of aromatic nitrogens is 1. The van der Waals surface area contributed by atoms with E-state index in [0.717, 1.165) is 20.5 Å². The number of rotatable bonds is 4. The minimum absolute atomic E-state index is 0.473. The molecule has 94 valence electrons. The molecule has 0 saturated heterocycles. The summed E-state index contributed by atoms with van der Waals surface area (Å²) in [6, 6.07) is 11.5. The van der Waals surface area contributed by atoms with Crippen LogP contribution < -0.4 is 0 Å². The van der Waals surface area contributed by atoms with E-state index in [0.29, 0.717) is 6.42 Å². The molecule has 2 rings (SSSR count). The van der Waals surface area contributed by atoms with E-state index in [1.165, 1.54) is 0 Å². The molecule has 1 heterocycles. The van der Waals surface area contributed by atoms with E-state index < -0.39 is 6.10 Å². The van der Waals surface area contributed by atoms with Crippen LogP contribution in [0.4, 0.5) is 0 Å². The molecular weight excluding hydrogens is 266 g/mol. The van der Waals surface area contributed by atoms with E-state index >= 15 is 0 Å². The summed E-state index contributed by atoms with van der Waals surface area (Å²) in [5.41, 5.74) is 0.720. The standard InChI is InChI=1S/C14H14ClNOS/c1-2-14(17)13-8-7-12(9-16-13)18-11-5-3-10(15)4-6-11/h3-9,14,17H,2H2,1H3/t14-/m0/s1. The monoisotopic (exact) mass is 279 g/mol. The van der Waals surface area contributed by atoms with Crippen LogP contribution in [-0.4, -0.2) is 10.1 Å². The van der Waals surface area contributed by atoms with E-state index in [1.54, 1.807) is 18.0 Å². The van der Waals surface area contributed by atoms with Crippen molar-refractivity contribution in [1.29, 1.82) is 0 Å². The molecule has 0 radical (unpaired) electrons. The van der Waals surface area contributed by atoms with Gasteiger partial charge < -0.3 is 5.11 Å². The van der Waals surface area contributed by atoms with Gasteiger partial charge >= 0.3 is 0 Å². The first-order valence-electron chi connectivity index (χ1n) is 5.76. The molecule has 2 nitrogen and oxygen atoms in total.